The molecule has 148 valence electrons. The van der Waals surface area contributed by atoms with Crippen LogP contribution in [-0.4, -0.2) is 33.0 Å². The fourth-order valence-corrected chi connectivity index (χ4v) is 3.65. The Bertz CT molecular complexity index is 720. The van der Waals surface area contributed by atoms with Gasteiger partial charge in [0.2, 0.25) is 15.9 Å². The summed E-state index contributed by atoms with van der Waals surface area (Å²) in [6.45, 7) is -0.541. The predicted molar refractivity (Wildman–Crippen MR) is 92.3 cm³/mol. The first kappa shape index (κ1) is 22.7. The SMILES string of the molecule is Cl.NC1CCC(NC(=O)CNS(=O)(=O)c2cccc(C(F)(F)F)c2)CC1. The third-order valence-corrected chi connectivity index (χ3v) is 5.43. The van der Waals surface area contributed by atoms with Gasteiger partial charge in [0.05, 0.1) is 17.0 Å². The molecule has 0 atom stereocenters. The van der Waals surface area contributed by atoms with Gasteiger partial charge in [0.25, 0.3) is 0 Å². The molecule has 1 fully saturated rings. The van der Waals surface area contributed by atoms with E-state index in [-0.39, 0.29) is 24.5 Å². The van der Waals surface area contributed by atoms with Gasteiger partial charge in [0.15, 0.2) is 0 Å². The average Bonchev–Trinajstić information content (AvgIpc) is 2.55. The molecule has 4 N–H and O–H groups in total. The third kappa shape index (κ3) is 6.42. The minimum absolute atomic E-state index is 0. The highest BCUT2D eigenvalue weighted by Gasteiger charge is 2.31. The van der Waals surface area contributed by atoms with Crippen LogP contribution in [0.25, 0.3) is 0 Å². The number of halogens is 4. The molecule has 0 spiro atoms. The zero-order valence-electron chi connectivity index (χ0n) is 13.8. The number of sulfonamides is 1. The maximum atomic E-state index is 12.7. The molecule has 1 amide bonds. The summed E-state index contributed by atoms with van der Waals surface area (Å²) < 4.78 is 64.2. The molecule has 1 aromatic rings. The van der Waals surface area contributed by atoms with Gasteiger partial charge in [-0.25, -0.2) is 13.1 Å². The molecule has 0 bridgehead atoms. The van der Waals surface area contributed by atoms with Gasteiger partial charge in [-0.05, 0) is 43.9 Å². The van der Waals surface area contributed by atoms with Gasteiger partial charge in [0.1, 0.15) is 0 Å². The summed E-state index contributed by atoms with van der Waals surface area (Å²) in [7, 11) is -4.22. The number of amides is 1. The Hall–Kier alpha value is -1.36. The molecule has 0 radical (unpaired) electrons. The van der Waals surface area contributed by atoms with Gasteiger partial charge in [-0.3, -0.25) is 4.79 Å². The molecule has 26 heavy (non-hydrogen) atoms. The van der Waals surface area contributed by atoms with Gasteiger partial charge in [-0.2, -0.15) is 13.2 Å². The van der Waals surface area contributed by atoms with E-state index in [1.807, 2.05) is 4.72 Å². The Morgan fingerprint density at radius 3 is 2.38 bits per heavy atom. The van der Waals surface area contributed by atoms with Crippen molar-refractivity contribution in [3.05, 3.63) is 29.8 Å². The molecule has 0 aliphatic heterocycles. The molecule has 0 aromatic heterocycles. The van der Waals surface area contributed by atoms with E-state index in [1.165, 1.54) is 0 Å². The smallest absolute Gasteiger partial charge is 0.352 e. The number of nitrogens with two attached hydrogens (primary N) is 1. The zero-order valence-corrected chi connectivity index (χ0v) is 15.4. The van der Waals surface area contributed by atoms with E-state index in [1.54, 1.807) is 0 Å². The first-order valence-electron chi connectivity index (χ1n) is 7.80. The van der Waals surface area contributed by atoms with E-state index in [0.29, 0.717) is 18.9 Å². The van der Waals surface area contributed by atoms with Crippen molar-refractivity contribution in [1.29, 1.82) is 0 Å². The lowest BCUT2D eigenvalue weighted by molar-refractivity contribution is -0.137. The van der Waals surface area contributed by atoms with E-state index in [0.717, 1.165) is 31.0 Å². The van der Waals surface area contributed by atoms with Crippen LogP contribution in [0.15, 0.2) is 29.2 Å². The van der Waals surface area contributed by atoms with Crippen molar-refractivity contribution in [3.63, 3.8) is 0 Å². The van der Waals surface area contributed by atoms with Crippen LogP contribution in [0.3, 0.4) is 0 Å². The molecule has 1 aromatic carbocycles. The van der Waals surface area contributed by atoms with E-state index in [9.17, 15) is 26.4 Å². The predicted octanol–water partition coefficient (Wildman–Crippen LogP) is 1.79. The van der Waals surface area contributed by atoms with Crippen LogP contribution in [0, 0.1) is 0 Å². The van der Waals surface area contributed by atoms with Crippen LogP contribution in [0.4, 0.5) is 13.2 Å². The molecule has 0 saturated heterocycles. The second kappa shape index (κ2) is 9.03. The van der Waals surface area contributed by atoms with Crippen LogP contribution in [0.1, 0.15) is 31.2 Å². The Balaban J connectivity index is 0.00000338. The van der Waals surface area contributed by atoms with Crippen LogP contribution >= 0.6 is 12.4 Å². The van der Waals surface area contributed by atoms with Crippen LogP contribution < -0.4 is 15.8 Å². The lowest BCUT2D eigenvalue weighted by Gasteiger charge is -2.26. The molecule has 1 aliphatic rings. The van der Waals surface area contributed by atoms with E-state index >= 15 is 0 Å². The maximum absolute atomic E-state index is 12.7. The highest BCUT2D eigenvalue weighted by Crippen LogP contribution is 2.30. The second-order valence-corrected chi connectivity index (χ2v) is 7.80. The molecule has 6 nitrogen and oxygen atoms in total. The second-order valence-electron chi connectivity index (χ2n) is 6.03. The highest BCUT2D eigenvalue weighted by molar-refractivity contribution is 7.89. The summed E-state index contributed by atoms with van der Waals surface area (Å²) in [5.74, 6) is -0.531. The van der Waals surface area contributed by atoms with E-state index in [2.05, 4.69) is 5.32 Å². The molecule has 1 aliphatic carbocycles. The Morgan fingerprint density at radius 1 is 1.19 bits per heavy atom. The number of benzene rings is 1. The molecule has 0 heterocycles. The molecule has 11 heteroatoms. The van der Waals surface area contributed by atoms with Gasteiger partial charge in [-0.15, -0.1) is 12.4 Å². The van der Waals surface area contributed by atoms with Gasteiger partial charge in [-0.1, -0.05) is 6.07 Å². The summed E-state index contributed by atoms with van der Waals surface area (Å²) in [5, 5.41) is 2.70. The number of carbonyl (C=O) groups is 1. The quantitative estimate of drug-likeness (QED) is 0.682. The molecular weight excluding hydrogens is 395 g/mol. The summed E-state index contributed by atoms with van der Waals surface area (Å²) in [4.78, 5) is 11.3. The highest BCUT2D eigenvalue weighted by atomic mass is 35.5. The number of hydrogen-bond donors (Lipinski definition) is 3. The first-order valence-corrected chi connectivity index (χ1v) is 9.28. The van der Waals surface area contributed by atoms with Crippen LogP contribution in [-0.2, 0) is 21.0 Å². The Morgan fingerprint density at radius 2 is 1.81 bits per heavy atom. The normalized spacial score (nSPS) is 20.9. The molecule has 2 rings (SSSR count). The van der Waals surface area contributed by atoms with Crippen molar-refractivity contribution in [1.82, 2.24) is 10.0 Å². The summed E-state index contributed by atoms with van der Waals surface area (Å²) in [6.07, 6.45) is -1.66. The number of alkyl halides is 3. The lowest BCUT2D eigenvalue weighted by Crippen LogP contribution is -2.44. The fraction of sp³-hybridized carbons (Fsp3) is 0.533. The van der Waals surface area contributed by atoms with Crippen molar-refractivity contribution in [2.45, 2.75) is 48.8 Å². The molecular formula is C15H21ClF3N3O3S. The monoisotopic (exact) mass is 415 g/mol. The van der Waals surface area contributed by atoms with Crippen molar-refractivity contribution < 1.29 is 26.4 Å². The van der Waals surface area contributed by atoms with E-state index in [4.69, 9.17) is 5.73 Å². The van der Waals surface area contributed by atoms with Crippen LogP contribution in [0.2, 0.25) is 0 Å². The van der Waals surface area contributed by atoms with Crippen molar-refractivity contribution in [2.75, 3.05) is 6.54 Å². The van der Waals surface area contributed by atoms with Crippen molar-refractivity contribution in [2.24, 2.45) is 5.73 Å². The molecule has 0 unspecified atom stereocenters. The zero-order chi connectivity index (χ0) is 18.7. The standard InChI is InChI=1S/C15H20F3N3O3S.ClH/c16-15(17,18)10-2-1-3-13(8-10)25(23,24)20-9-14(22)21-12-6-4-11(19)5-7-12;/h1-3,8,11-12,20H,4-7,9,19H2,(H,21,22);1H. The average molecular weight is 416 g/mol. The Labute approximate surface area is 156 Å². The largest absolute Gasteiger partial charge is 0.416 e. The van der Waals surface area contributed by atoms with Crippen molar-refractivity contribution in [3.8, 4) is 0 Å². The summed E-state index contributed by atoms with van der Waals surface area (Å²) in [5.41, 5.74) is 4.70. The first-order chi connectivity index (χ1) is 11.6. The Kier molecular flexibility index (Phi) is 7.87. The summed E-state index contributed by atoms with van der Waals surface area (Å²) >= 11 is 0. The number of nitrogens with one attached hydrogen (secondary N) is 2. The lowest BCUT2D eigenvalue weighted by atomic mass is 9.92. The number of rotatable bonds is 5. The third-order valence-electron chi connectivity index (χ3n) is 4.03. The van der Waals surface area contributed by atoms with Gasteiger partial charge < -0.3 is 11.1 Å². The van der Waals surface area contributed by atoms with Crippen molar-refractivity contribution >= 4 is 28.3 Å². The van der Waals surface area contributed by atoms with Gasteiger partial charge in [0, 0.05) is 12.1 Å². The molecule has 1 saturated carbocycles. The van der Waals surface area contributed by atoms with E-state index < -0.39 is 39.1 Å². The number of carbonyl (C=O) groups excluding carboxylic acids is 1. The maximum Gasteiger partial charge on any atom is 0.416 e. The van der Waals surface area contributed by atoms with Crippen LogP contribution in [0.5, 0.6) is 0 Å². The summed E-state index contributed by atoms with van der Waals surface area (Å²) in [6, 6.07) is 3.40. The minimum atomic E-state index is -4.65. The topological polar surface area (TPSA) is 101 Å². The van der Waals surface area contributed by atoms with Gasteiger partial charge >= 0.3 is 6.18 Å². The number of hydrogen-bond acceptors (Lipinski definition) is 4. The fourth-order valence-electron chi connectivity index (χ4n) is 2.63. The minimum Gasteiger partial charge on any atom is -0.352 e.